The highest BCUT2D eigenvalue weighted by molar-refractivity contribution is 7.13. The van der Waals surface area contributed by atoms with Crippen LogP contribution in [0.1, 0.15) is 58.6 Å². The molecule has 3 heterocycles. The average Bonchev–Trinajstić information content (AvgIpc) is 3.21. The fourth-order valence-electron chi connectivity index (χ4n) is 5.53. The molecule has 31 heavy (non-hydrogen) atoms. The summed E-state index contributed by atoms with van der Waals surface area (Å²) in [6.45, 7) is 9.18. The molecule has 1 aromatic heterocycles. The van der Waals surface area contributed by atoms with Crippen molar-refractivity contribution in [2.45, 2.75) is 65.0 Å². The van der Waals surface area contributed by atoms with Crippen molar-refractivity contribution in [3.05, 3.63) is 11.1 Å². The Kier molecular flexibility index (Phi) is 6.35. The molecule has 2 N–H and O–H groups in total. The van der Waals surface area contributed by atoms with Crippen LogP contribution in [0.5, 0.6) is 0 Å². The third kappa shape index (κ3) is 4.62. The second-order valence-electron chi connectivity index (χ2n) is 9.77. The molecule has 4 unspecified atom stereocenters. The van der Waals surface area contributed by atoms with Gasteiger partial charge < -0.3 is 10.6 Å². The van der Waals surface area contributed by atoms with Crippen molar-refractivity contribution in [1.82, 2.24) is 20.1 Å². The van der Waals surface area contributed by atoms with E-state index >= 15 is 0 Å². The molecule has 8 nitrogen and oxygen atoms in total. The molecule has 2 saturated heterocycles. The second kappa shape index (κ2) is 8.86. The quantitative estimate of drug-likeness (QED) is 0.677. The third-order valence-corrected chi connectivity index (χ3v) is 7.74. The summed E-state index contributed by atoms with van der Waals surface area (Å²) in [7, 11) is 0. The summed E-state index contributed by atoms with van der Waals surface area (Å²) in [5, 5.41) is 8.12. The van der Waals surface area contributed by atoms with Crippen molar-refractivity contribution >= 4 is 34.3 Å². The molecule has 0 radical (unpaired) electrons. The van der Waals surface area contributed by atoms with Gasteiger partial charge in [0, 0.05) is 25.0 Å². The van der Waals surface area contributed by atoms with Crippen LogP contribution >= 0.6 is 11.3 Å². The summed E-state index contributed by atoms with van der Waals surface area (Å²) in [5.41, 5.74) is 0.0960. The van der Waals surface area contributed by atoms with Gasteiger partial charge in [-0.15, -0.1) is 11.3 Å². The number of thiazole rings is 1. The van der Waals surface area contributed by atoms with E-state index in [1.54, 1.807) is 0 Å². The van der Waals surface area contributed by atoms with Gasteiger partial charge in [-0.25, -0.2) is 9.78 Å². The Bertz CT molecular complexity index is 848. The molecule has 4 rings (SSSR count). The Morgan fingerprint density at radius 2 is 2.00 bits per heavy atom. The summed E-state index contributed by atoms with van der Waals surface area (Å²) in [4.78, 5) is 46.1. The van der Waals surface area contributed by atoms with Crippen molar-refractivity contribution in [2.75, 3.05) is 25.0 Å². The van der Waals surface area contributed by atoms with Crippen molar-refractivity contribution in [3.63, 3.8) is 0 Å². The van der Waals surface area contributed by atoms with Crippen LogP contribution in [-0.4, -0.2) is 57.8 Å². The first kappa shape index (κ1) is 22.2. The molecule has 1 saturated carbocycles. The van der Waals surface area contributed by atoms with Gasteiger partial charge in [0.1, 0.15) is 12.1 Å². The molecule has 0 aromatic carbocycles. The van der Waals surface area contributed by atoms with Gasteiger partial charge in [-0.3, -0.25) is 19.4 Å². The average molecular weight is 448 g/mol. The normalized spacial score (nSPS) is 31.8. The van der Waals surface area contributed by atoms with Crippen LogP contribution in [0.25, 0.3) is 0 Å². The molecular formula is C22H33N5O3S. The zero-order valence-electron chi connectivity index (χ0n) is 18.6. The Balaban J connectivity index is 1.33. The number of aromatic nitrogens is 1. The summed E-state index contributed by atoms with van der Waals surface area (Å²) >= 11 is 1.38. The summed E-state index contributed by atoms with van der Waals surface area (Å²) in [5.74, 6) is 0.771. The summed E-state index contributed by atoms with van der Waals surface area (Å²) in [6.07, 6.45) is 4.78. The van der Waals surface area contributed by atoms with Crippen molar-refractivity contribution in [2.24, 2.45) is 17.8 Å². The first-order chi connectivity index (χ1) is 14.8. The van der Waals surface area contributed by atoms with Gasteiger partial charge in [-0.2, -0.15) is 0 Å². The molecule has 9 heteroatoms. The topological polar surface area (TPSA) is 94.6 Å². The number of rotatable bonds is 5. The largest absolute Gasteiger partial charge is 0.325 e. The first-order valence-corrected chi connectivity index (χ1v) is 12.3. The SMILES string of the molecule is CC1CC(C)CN(Cc2csc(NC(=O)CN3C(=O)NC4(CCCCC4C)C3=O)n2)C1. The van der Waals surface area contributed by atoms with E-state index < -0.39 is 17.5 Å². The highest BCUT2D eigenvalue weighted by Gasteiger charge is 2.55. The highest BCUT2D eigenvalue weighted by atomic mass is 32.1. The summed E-state index contributed by atoms with van der Waals surface area (Å²) < 4.78 is 0. The van der Waals surface area contributed by atoms with Gasteiger partial charge in [0.25, 0.3) is 5.91 Å². The first-order valence-electron chi connectivity index (χ1n) is 11.4. The van der Waals surface area contributed by atoms with E-state index in [0.29, 0.717) is 23.4 Å². The van der Waals surface area contributed by atoms with Crippen LogP contribution in [-0.2, 0) is 16.1 Å². The smallest absolute Gasteiger partial charge is 0.323 e. The van der Waals surface area contributed by atoms with Crippen molar-refractivity contribution in [3.8, 4) is 0 Å². The van der Waals surface area contributed by atoms with Crippen molar-refractivity contribution in [1.29, 1.82) is 0 Å². The molecule has 4 atom stereocenters. The van der Waals surface area contributed by atoms with Crippen LogP contribution in [0.4, 0.5) is 9.93 Å². The Labute approximate surface area is 187 Å². The molecule has 3 aliphatic rings. The lowest BCUT2D eigenvalue weighted by Crippen LogP contribution is -2.54. The minimum absolute atomic E-state index is 0.0764. The van der Waals surface area contributed by atoms with Gasteiger partial charge in [0.15, 0.2) is 5.13 Å². The van der Waals surface area contributed by atoms with Crippen LogP contribution in [0, 0.1) is 17.8 Å². The van der Waals surface area contributed by atoms with E-state index in [0.717, 1.165) is 49.5 Å². The van der Waals surface area contributed by atoms with Crippen LogP contribution < -0.4 is 10.6 Å². The maximum absolute atomic E-state index is 13.0. The fourth-order valence-corrected chi connectivity index (χ4v) is 6.25. The van der Waals surface area contributed by atoms with Gasteiger partial charge >= 0.3 is 6.03 Å². The number of nitrogens with zero attached hydrogens (tertiary/aromatic N) is 3. The molecule has 170 valence electrons. The van der Waals surface area contributed by atoms with E-state index in [9.17, 15) is 14.4 Å². The van der Waals surface area contributed by atoms with Crippen LogP contribution in [0.3, 0.4) is 0 Å². The van der Waals surface area contributed by atoms with Crippen LogP contribution in [0.15, 0.2) is 5.38 Å². The molecule has 4 amide bonds. The van der Waals surface area contributed by atoms with Gasteiger partial charge in [0.05, 0.1) is 5.69 Å². The lowest BCUT2D eigenvalue weighted by atomic mass is 9.73. The van der Waals surface area contributed by atoms with E-state index in [4.69, 9.17) is 0 Å². The number of hydrogen-bond donors (Lipinski definition) is 2. The van der Waals surface area contributed by atoms with E-state index in [1.807, 2.05) is 12.3 Å². The summed E-state index contributed by atoms with van der Waals surface area (Å²) in [6, 6.07) is -0.470. The molecule has 0 bridgehead atoms. The lowest BCUT2D eigenvalue weighted by Gasteiger charge is -2.36. The van der Waals surface area contributed by atoms with E-state index in [1.165, 1.54) is 17.8 Å². The number of likely N-dealkylation sites (tertiary alicyclic amines) is 1. The number of piperidine rings is 1. The number of amides is 4. The number of carbonyl (C=O) groups excluding carboxylic acids is 3. The maximum atomic E-state index is 13.0. The minimum Gasteiger partial charge on any atom is -0.323 e. The predicted molar refractivity (Wildman–Crippen MR) is 120 cm³/mol. The minimum atomic E-state index is -0.841. The Morgan fingerprint density at radius 1 is 1.26 bits per heavy atom. The monoisotopic (exact) mass is 447 g/mol. The fraction of sp³-hybridized carbons (Fsp3) is 0.727. The van der Waals surface area contributed by atoms with Gasteiger partial charge in [-0.05, 0) is 37.0 Å². The van der Waals surface area contributed by atoms with Crippen molar-refractivity contribution < 1.29 is 14.4 Å². The second-order valence-corrected chi connectivity index (χ2v) is 10.6. The molecule has 2 aliphatic heterocycles. The Morgan fingerprint density at radius 3 is 2.71 bits per heavy atom. The number of imide groups is 1. The molecular weight excluding hydrogens is 414 g/mol. The van der Waals surface area contributed by atoms with Crippen LogP contribution in [0.2, 0.25) is 0 Å². The molecule has 3 fully saturated rings. The predicted octanol–water partition coefficient (Wildman–Crippen LogP) is 3.06. The number of urea groups is 1. The zero-order chi connectivity index (χ0) is 22.2. The maximum Gasteiger partial charge on any atom is 0.325 e. The highest BCUT2D eigenvalue weighted by Crippen LogP contribution is 2.38. The van der Waals surface area contributed by atoms with E-state index in [2.05, 4.69) is 34.4 Å². The molecule has 1 spiro atoms. The number of nitrogens with one attached hydrogen (secondary N) is 2. The van der Waals surface area contributed by atoms with E-state index in [-0.39, 0.29) is 18.4 Å². The van der Waals surface area contributed by atoms with Gasteiger partial charge in [-0.1, -0.05) is 33.6 Å². The standard InChI is InChI=1S/C22H33N5O3S/c1-14-8-15(2)10-26(9-14)11-17-13-31-20(23-17)24-18(28)12-27-19(29)22(25-21(27)30)7-5-4-6-16(22)3/h13-16H,4-12H2,1-3H3,(H,25,30)(H,23,24,28). The lowest BCUT2D eigenvalue weighted by molar-refractivity contribution is -0.136. The third-order valence-electron chi connectivity index (χ3n) is 6.93. The zero-order valence-corrected chi connectivity index (χ0v) is 19.5. The number of hydrogen-bond acceptors (Lipinski definition) is 6. The molecule has 1 aliphatic carbocycles. The molecule has 1 aromatic rings. The number of anilines is 1. The Hall–Kier alpha value is -2.00. The number of carbonyl (C=O) groups is 3. The van der Waals surface area contributed by atoms with Gasteiger partial charge in [0.2, 0.25) is 5.91 Å².